The zero-order valence-corrected chi connectivity index (χ0v) is 18.3. The molecule has 3 aliphatic rings. The number of hydrogen-bond acceptors (Lipinski definition) is 4. The molecule has 1 saturated heterocycles. The lowest BCUT2D eigenvalue weighted by Crippen LogP contribution is -2.23. The Morgan fingerprint density at radius 1 is 0.909 bits per heavy atom. The van der Waals surface area contributed by atoms with Crippen LogP contribution in [0, 0.1) is 5.41 Å². The fraction of sp³-hybridized carbons (Fsp3) is 0.259. The Labute approximate surface area is 192 Å². The van der Waals surface area contributed by atoms with Gasteiger partial charge >= 0.3 is 0 Å². The van der Waals surface area contributed by atoms with Gasteiger partial charge in [-0.15, -0.1) is 0 Å². The highest BCUT2D eigenvalue weighted by atomic mass is 16.5. The molecule has 33 heavy (non-hydrogen) atoms. The predicted octanol–water partition coefficient (Wildman–Crippen LogP) is 4.02. The van der Waals surface area contributed by atoms with Crippen molar-refractivity contribution in [1.82, 2.24) is 5.32 Å². The summed E-state index contributed by atoms with van der Waals surface area (Å²) in [5.41, 5.74) is 13.8. The highest BCUT2D eigenvalue weighted by Gasteiger charge is 2.43. The maximum Gasteiger partial charge on any atom is 0.251 e. The number of fused-ring (bicyclic) bond motifs is 8. The fourth-order valence-electron chi connectivity index (χ4n) is 5.23. The molecule has 6 heteroatoms. The van der Waals surface area contributed by atoms with Crippen LogP contribution in [-0.2, 0) is 11.3 Å². The van der Waals surface area contributed by atoms with E-state index < -0.39 is 0 Å². The summed E-state index contributed by atoms with van der Waals surface area (Å²) < 4.78 is 6.35. The molecule has 3 aromatic rings. The maximum absolute atomic E-state index is 12.9. The topological polar surface area (TPSA) is 91.4 Å². The molecule has 3 aromatic carbocycles. The van der Waals surface area contributed by atoms with E-state index in [2.05, 4.69) is 28.4 Å². The summed E-state index contributed by atoms with van der Waals surface area (Å²) in [4.78, 5) is 15.3. The molecule has 3 heterocycles. The lowest BCUT2D eigenvalue weighted by molar-refractivity contribution is 0.0857. The molecular weight excluding hydrogens is 412 g/mol. The normalized spacial score (nSPS) is 19.9. The van der Waals surface area contributed by atoms with Crippen LogP contribution in [0.2, 0.25) is 0 Å². The van der Waals surface area contributed by atoms with Gasteiger partial charge in [0, 0.05) is 36.4 Å². The number of hydrogen-bond donors (Lipinski definition) is 3. The molecule has 0 unspecified atom stereocenters. The molecule has 0 aliphatic carbocycles. The van der Waals surface area contributed by atoms with Gasteiger partial charge in [0.2, 0.25) is 0 Å². The molecule has 0 aromatic heterocycles. The van der Waals surface area contributed by atoms with Crippen LogP contribution in [0.1, 0.15) is 68.8 Å². The number of rotatable bonds is 5. The minimum absolute atomic E-state index is 0.0365. The first kappa shape index (κ1) is 20.0. The molecule has 2 atom stereocenters. The number of amides is 1. The van der Waals surface area contributed by atoms with Gasteiger partial charge in [0.05, 0.1) is 0 Å². The number of carbonyl (C=O) groups is 1. The molecule has 0 saturated carbocycles. The van der Waals surface area contributed by atoms with Crippen LogP contribution < -0.4 is 16.0 Å². The van der Waals surface area contributed by atoms with Gasteiger partial charge in [0.25, 0.3) is 5.91 Å². The van der Waals surface area contributed by atoms with Gasteiger partial charge in [0.15, 0.2) is 0 Å². The summed E-state index contributed by atoms with van der Waals surface area (Å²) in [5, 5.41) is 10.5. The molecule has 1 fully saturated rings. The number of amidine groups is 1. The van der Waals surface area contributed by atoms with Crippen molar-refractivity contribution >= 4 is 17.4 Å². The van der Waals surface area contributed by atoms with E-state index in [1.54, 1.807) is 12.1 Å². The molecule has 6 nitrogen and oxygen atoms in total. The maximum atomic E-state index is 12.9. The zero-order chi connectivity index (χ0) is 22.5. The molecular formula is C27H26N4O2. The number of anilines is 1. The van der Waals surface area contributed by atoms with E-state index >= 15 is 0 Å². The van der Waals surface area contributed by atoms with Crippen molar-refractivity contribution in [3.63, 3.8) is 0 Å². The summed E-state index contributed by atoms with van der Waals surface area (Å²) in [7, 11) is 0. The lowest BCUT2D eigenvalue weighted by atomic mass is 9.85. The molecule has 2 bridgehead atoms. The average molecular weight is 439 g/mol. The van der Waals surface area contributed by atoms with Gasteiger partial charge in [-0.3, -0.25) is 10.2 Å². The van der Waals surface area contributed by atoms with Gasteiger partial charge in [-0.25, -0.2) is 0 Å². The summed E-state index contributed by atoms with van der Waals surface area (Å²) in [5.74, 6) is -0.0726. The zero-order valence-electron chi connectivity index (χ0n) is 18.3. The monoisotopic (exact) mass is 438 g/mol. The standard InChI is InChI=1S/C27H26N4O2/c28-26(29)17-5-3-16(4-6-17)15-30-27(32)18-7-9-20-22(13-18)25-23-14-19(31-11-1-2-12-31)8-10-21(23)24(20)33-25/h3-10,13-14,24-25H,1-2,11-12,15H2,(H3,28,29)(H,30,32)/t24-,25+/m1/s1. The molecule has 0 spiro atoms. The van der Waals surface area contributed by atoms with Gasteiger partial charge in [-0.05, 0) is 64.9 Å². The van der Waals surface area contributed by atoms with Crippen LogP contribution in [0.4, 0.5) is 5.69 Å². The van der Waals surface area contributed by atoms with Crippen LogP contribution in [0.25, 0.3) is 0 Å². The number of carbonyl (C=O) groups excluding carboxylic acids is 1. The van der Waals surface area contributed by atoms with Crippen LogP contribution in [0.15, 0.2) is 60.7 Å². The second-order valence-electron chi connectivity index (χ2n) is 9.04. The Morgan fingerprint density at radius 3 is 2.27 bits per heavy atom. The van der Waals surface area contributed by atoms with E-state index in [0.29, 0.717) is 17.7 Å². The lowest BCUT2D eigenvalue weighted by Gasteiger charge is -2.22. The summed E-state index contributed by atoms with van der Waals surface area (Å²) in [6.07, 6.45) is 2.36. The SMILES string of the molecule is N=C(N)c1ccc(CNC(=O)c2ccc3c(c2)[C@@H]2O[C@H]3c3ccc(N4CCCC4)cc32)cc1. The minimum atomic E-state index is -0.109. The second kappa shape index (κ2) is 7.74. The minimum Gasteiger partial charge on any atom is -0.384 e. The van der Waals surface area contributed by atoms with E-state index in [4.69, 9.17) is 15.9 Å². The third-order valence-corrected chi connectivity index (χ3v) is 7.01. The van der Waals surface area contributed by atoms with Crippen LogP contribution in [0.3, 0.4) is 0 Å². The number of nitrogens with zero attached hydrogens (tertiary/aromatic N) is 1. The van der Waals surface area contributed by atoms with Crippen LogP contribution >= 0.6 is 0 Å². The van der Waals surface area contributed by atoms with E-state index in [1.165, 1.54) is 29.7 Å². The molecule has 1 amide bonds. The second-order valence-corrected chi connectivity index (χ2v) is 9.04. The van der Waals surface area contributed by atoms with Gasteiger partial charge in [0.1, 0.15) is 18.0 Å². The van der Waals surface area contributed by atoms with E-state index in [0.717, 1.165) is 29.8 Å². The van der Waals surface area contributed by atoms with Crippen molar-refractivity contribution in [3.05, 3.63) is 99.6 Å². The first-order valence-electron chi connectivity index (χ1n) is 11.5. The number of nitrogen functional groups attached to an aromatic ring is 1. The number of nitrogens with one attached hydrogen (secondary N) is 2. The van der Waals surface area contributed by atoms with Crippen LogP contribution in [0.5, 0.6) is 0 Å². The van der Waals surface area contributed by atoms with E-state index in [-0.39, 0.29) is 24.0 Å². The van der Waals surface area contributed by atoms with Crippen molar-refractivity contribution in [2.24, 2.45) is 5.73 Å². The molecule has 4 N–H and O–H groups in total. The van der Waals surface area contributed by atoms with Crippen LogP contribution in [-0.4, -0.2) is 24.8 Å². The van der Waals surface area contributed by atoms with E-state index in [9.17, 15) is 4.79 Å². The van der Waals surface area contributed by atoms with Crippen molar-refractivity contribution < 1.29 is 9.53 Å². The van der Waals surface area contributed by atoms with E-state index in [1.807, 2.05) is 30.3 Å². The Kier molecular flexibility index (Phi) is 4.69. The highest BCUT2D eigenvalue weighted by molar-refractivity contribution is 5.95. The number of nitrogens with two attached hydrogens (primary N) is 1. The van der Waals surface area contributed by atoms with Crippen molar-refractivity contribution in [1.29, 1.82) is 5.41 Å². The molecule has 0 radical (unpaired) electrons. The summed E-state index contributed by atoms with van der Waals surface area (Å²) in [6.45, 7) is 2.65. The highest BCUT2D eigenvalue weighted by Crippen LogP contribution is 2.54. The third kappa shape index (κ3) is 3.38. The Hall–Kier alpha value is -3.64. The summed E-state index contributed by atoms with van der Waals surface area (Å²) >= 11 is 0. The van der Waals surface area contributed by atoms with Crippen molar-refractivity contribution in [2.45, 2.75) is 31.6 Å². The molecule has 6 rings (SSSR count). The fourth-order valence-corrected chi connectivity index (χ4v) is 5.23. The van der Waals surface area contributed by atoms with Gasteiger partial charge in [-0.2, -0.15) is 0 Å². The third-order valence-electron chi connectivity index (χ3n) is 7.01. The first-order chi connectivity index (χ1) is 16.1. The van der Waals surface area contributed by atoms with Crippen molar-refractivity contribution in [2.75, 3.05) is 18.0 Å². The Bertz CT molecular complexity index is 1260. The van der Waals surface area contributed by atoms with Gasteiger partial charge in [-0.1, -0.05) is 36.4 Å². The quantitative estimate of drug-likeness (QED) is 0.414. The number of benzene rings is 3. The first-order valence-corrected chi connectivity index (χ1v) is 11.5. The summed E-state index contributed by atoms with van der Waals surface area (Å²) in [6, 6.07) is 20.0. The number of ether oxygens (including phenoxy) is 1. The predicted molar refractivity (Wildman–Crippen MR) is 128 cm³/mol. The van der Waals surface area contributed by atoms with Gasteiger partial charge < -0.3 is 20.7 Å². The molecule has 166 valence electrons. The Balaban J connectivity index is 1.20. The largest absolute Gasteiger partial charge is 0.384 e. The Morgan fingerprint density at radius 2 is 1.55 bits per heavy atom. The molecule has 3 aliphatic heterocycles. The van der Waals surface area contributed by atoms with Crippen molar-refractivity contribution in [3.8, 4) is 0 Å². The average Bonchev–Trinajstić information content (AvgIpc) is 3.58. The smallest absolute Gasteiger partial charge is 0.251 e.